The number of carbonyl (C=O) groups excluding carboxylic acids is 2. The van der Waals surface area contributed by atoms with Crippen molar-refractivity contribution < 1.29 is 28.5 Å². The number of nitrogens with zero attached hydrogens (tertiary/aromatic N) is 1. The number of carbonyl (C=O) groups is 2. The van der Waals surface area contributed by atoms with Gasteiger partial charge in [-0.05, 0) is 32.9 Å². The minimum Gasteiger partial charge on any atom is -0.491 e. The fourth-order valence-corrected chi connectivity index (χ4v) is 2.35. The second-order valence-electron chi connectivity index (χ2n) is 8.93. The summed E-state index contributed by atoms with van der Waals surface area (Å²) in [6.07, 6.45) is -0.482. The number of nitrogens with one attached hydrogen (secondary N) is 1. The quantitative estimate of drug-likeness (QED) is 0.746. The lowest BCUT2D eigenvalue weighted by Gasteiger charge is -2.31. The summed E-state index contributed by atoms with van der Waals surface area (Å²) in [5.41, 5.74) is -1.19. The van der Waals surface area contributed by atoms with Crippen LogP contribution in [0.4, 0.5) is 4.79 Å². The highest BCUT2D eigenvalue weighted by Crippen LogP contribution is 2.35. The molecule has 1 aliphatic heterocycles. The first kappa shape index (κ1) is 22.6. The number of benzene rings is 1. The van der Waals surface area contributed by atoms with Crippen LogP contribution in [-0.4, -0.2) is 55.5 Å². The predicted molar refractivity (Wildman–Crippen MR) is 108 cm³/mol. The maximum absolute atomic E-state index is 12.4. The SMILES string of the molecule is CC(COc1ccc2c(c1)OCO2)N(C)C(=O)OCC(C)(C)NC(=O)C(C)(C)C. The monoisotopic (exact) mass is 408 g/mol. The summed E-state index contributed by atoms with van der Waals surface area (Å²) >= 11 is 0. The first-order chi connectivity index (χ1) is 13.4. The van der Waals surface area contributed by atoms with Gasteiger partial charge >= 0.3 is 6.09 Å². The van der Waals surface area contributed by atoms with E-state index in [1.165, 1.54) is 4.90 Å². The molecule has 162 valence electrons. The van der Waals surface area contributed by atoms with Crippen LogP contribution in [0.3, 0.4) is 0 Å². The Hall–Kier alpha value is -2.64. The second-order valence-corrected chi connectivity index (χ2v) is 8.93. The van der Waals surface area contributed by atoms with E-state index in [-0.39, 0.29) is 32.0 Å². The van der Waals surface area contributed by atoms with E-state index in [1.54, 1.807) is 25.2 Å². The van der Waals surface area contributed by atoms with Gasteiger partial charge in [0.1, 0.15) is 19.0 Å². The van der Waals surface area contributed by atoms with Gasteiger partial charge in [0.25, 0.3) is 0 Å². The van der Waals surface area contributed by atoms with Gasteiger partial charge in [0.2, 0.25) is 12.7 Å². The van der Waals surface area contributed by atoms with Crippen molar-refractivity contribution in [1.82, 2.24) is 10.2 Å². The van der Waals surface area contributed by atoms with E-state index in [2.05, 4.69) is 5.32 Å². The lowest BCUT2D eigenvalue weighted by molar-refractivity contribution is -0.130. The molecule has 2 amide bonds. The van der Waals surface area contributed by atoms with E-state index in [9.17, 15) is 9.59 Å². The maximum Gasteiger partial charge on any atom is 0.409 e. The first-order valence-electron chi connectivity index (χ1n) is 9.64. The number of hydrogen-bond acceptors (Lipinski definition) is 6. The van der Waals surface area contributed by atoms with Gasteiger partial charge in [-0.3, -0.25) is 4.79 Å². The van der Waals surface area contributed by atoms with Crippen molar-refractivity contribution in [2.24, 2.45) is 5.41 Å². The number of rotatable bonds is 7. The summed E-state index contributed by atoms with van der Waals surface area (Å²) in [4.78, 5) is 26.0. The third kappa shape index (κ3) is 6.44. The van der Waals surface area contributed by atoms with Crippen molar-refractivity contribution in [2.45, 2.75) is 53.1 Å². The van der Waals surface area contributed by atoms with Crippen LogP contribution < -0.4 is 19.5 Å². The Morgan fingerprint density at radius 1 is 1.17 bits per heavy atom. The Kier molecular flexibility index (Phi) is 6.87. The number of hydrogen-bond donors (Lipinski definition) is 1. The van der Waals surface area contributed by atoms with Crippen molar-refractivity contribution in [1.29, 1.82) is 0 Å². The van der Waals surface area contributed by atoms with Crippen molar-refractivity contribution >= 4 is 12.0 Å². The molecule has 0 aromatic heterocycles. The van der Waals surface area contributed by atoms with Gasteiger partial charge in [-0.25, -0.2) is 4.79 Å². The van der Waals surface area contributed by atoms with E-state index in [4.69, 9.17) is 18.9 Å². The minimum absolute atomic E-state index is 0.0632. The molecule has 0 saturated carbocycles. The summed E-state index contributed by atoms with van der Waals surface area (Å²) in [5, 5.41) is 2.91. The number of likely N-dealkylation sites (N-methyl/N-ethyl adjacent to an activating group) is 1. The lowest BCUT2D eigenvalue weighted by Crippen LogP contribution is -2.52. The van der Waals surface area contributed by atoms with Crippen molar-refractivity contribution in [3.8, 4) is 17.2 Å². The molecule has 0 radical (unpaired) electrons. The molecule has 1 N–H and O–H groups in total. The average Bonchev–Trinajstić information content (AvgIpc) is 3.10. The molecule has 1 aromatic carbocycles. The molecule has 1 aromatic rings. The maximum atomic E-state index is 12.4. The number of ether oxygens (including phenoxy) is 4. The van der Waals surface area contributed by atoms with Crippen LogP contribution in [-0.2, 0) is 9.53 Å². The van der Waals surface area contributed by atoms with Crippen LogP contribution in [0.2, 0.25) is 0 Å². The normalized spacial score (nSPS) is 14.2. The smallest absolute Gasteiger partial charge is 0.409 e. The molecule has 0 spiro atoms. The molecule has 0 saturated heterocycles. The molecule has 2 rings (SSSR count). The first-order valence-corrected chi connectivity index (χ1v) is 9.64. The zero-order chi connectivity index (χ0) is 21.8. The molecule has 1 atom stereocenters. The molecular formula is C21H32N2O6. The zero-order valence-electron chi connectivity index (χ0n) is 18.3. The molecule has 1 aliphatic rings. The summed E-state index contributed by atoms with van der Waals surface area (Å²) in [7, 11) is 1.65. The van der Waals surface area contributed by atoms with E-state index < -0.39 is 17.0 Å². The third-order valence-electron chi connectivity index (χ3n) is 4.47. The van der Waals surface area contributed by atoms with Crippen molar-refractivity contribution in [2.75, 3.05) is 27.1 Å². The lowest BCUT2D eigenvalue weighted by atomic mass is 9.93. The van der Waals surface area contributed by atoms with Crippen LogP contribution in [0.1, 0.15) is 41.5 Å². The molecule has 0 aliphatic carbocycles. The van der Waals surface area contributed by atoms with Crippen molar-refractivity contribution in [3.63, 3.8) is 0 Å². The Labute approximate surface area is 172 Å². The second kappa shape index (κ2) is 8.80. The predicted octanol–water partition coefficient (Wildman–Crippen LogP) is 3.19. The van der Waals surface area contributed by atoms with Crippen LogP contribution >= 0.6 is 0 Å². The van der Waals surface area contributed by atoms with E-state index in [0.29, 0.717) is 17.2 Å². The van der Waals surface area contributed by atoms with Crippen LogP contribution in [0, 0.1) is 5.41 Å². The van der Waals surface area contributed by atoms with Gasteiger partial charge in [0.05, 0.1) is 11.6 Å². The van der Waals surface area contributed by atoms with Crippen LogP contribution in [0.5, 0.6) is 17.2 Å². The summed E-state index contributed by atoms with van der Waals surface area (Å²) in [5.74, 6) is 1.86. The van der Waals surface area contributed by atoms with Crippen LogP contribution in [0.15, 0.2) is 18.2 Å². The van der Waals surface area contributed by atoms with Gasteiger partial charge in [0, 0.05) is 18.5 Å². The molecule has 29 heavy (non-hydrogen) atoms. The molecule has 0 bridgehead atoms. The highest BCUT2D eigenvalue weighted by molar-refractivity contribution is 5.82. The molecule has 1 heterocycles. The third-order valence-corrected chi connectivity index (χ3v) is 4.47. The van der Waals surface area contributed by atoms with Crippen LogP contribution in [0.25, 0.3) is 0 Å². The highest BCUT2D eigenvalue weighted by atomic mass is 16.7. The van der Waals surface area contributed by atoms with E-state index in [0.717, 1.165) is 0 Å². The number of amides is 2. The van der Waals surface area contributed by atoms with E-state index in [1.807, 2.05) is 41.5 Å². The van der Waals surface area contributed by atoms with Gasteiger partial charge in [-0.15, -0.1) is 0 Å². The Bertz CT molecular complexity index is 741. The van der Waals surface area contributed by atoms with Gasteiger partial charge in [-0.2, -0.15) is 0 Å². The topological polar surface area (TPSA) is 86.3 Å². The van der Waals surface area contributed by atoms with Gasteiger partial charge in [0.15, 0.2) is 11.5 Å². The molecular weight excluding hydrogens is 376 g/mol. The van der Waals surface area contributed by atoms with Gasteiger partial charge in [-0.1, -0.05) is 20.8 Å². The zero-order valence-corrected chi connectivity index (χ0v) is 18.3. The van der Waals surface area contributed by atoms with Crippen molar-refractivity contribution in [3.05, 3.63) is 18.2 Å². The average molecular weight is 408 g/mol. The highest BCUT2D eigenvalue weighted by Gasteiger charge is 2.30. The Morgan fingerprint density at radius 2 is 1.83 bits per heavy atom. The van der Waals surface area contributed by atoms with E-state index >= 15 is 0 Å². The van der Waals surface area contributed by atoms with Gasteiger partial charge < -0.3 is 29.2 Å². The Balaban J connectivity index is 1.80. The fraction of sp³-hybridized carbons (Fsp3) is 0.619. The summed E-state index contributed by atoms with van der Waals surface area (Å²) < 4.78 is 21.8. The summed E-state index contributed by atoms with van der Waals surface area (Å²) in [6, 6.07) is 5.11. The minimum atomic E-state index is -0.674. The molecule has 0 fully saturated rings. The Morgan fingerprint density at radius 3 is 2.48 bits per heavy atom. The fourth-order valence-electron chi connectivity index (χ4n) is 2.35. The summed E-state index contributed by atoms with van der Waals surface area (Å²) in [6.45, 7) is 11.5. The molecule has 1 unspecified atom stereocenters. The molecule has 8 heteroatoms. The number of fused-ring (bicyclic) bond motifs is 1. The molecule has 8 nitrogen and oxygen atoms in total. The largest absolute Gasteiger partial charge is 0.491 e. The standard InChI is InChI=1S/C21H32N2O6/c1-14(11-26-15-8-9-16-17(10-15)29-13-28-16)23(7)19(25)27-12-21(5,6)22-18(24)20(2,3)4/h8-10,14H,11-13H2,1-7H3,(H,22,24).